The molecule has 0 saturated carbocycles. The minimum absolute atomic E-state index is 0.429. The first-order valence-electron chi connectivity index (χ1n) is 6.48. The lowest BCUT2D eigenvalue weighted by Gasteiger charge is -2.31. The minimum atomic E-state index is 0.429. The van der Waals surface area contributed by atoms with Gasteiger partial charge < -0.3 is 9.88 Å². The Morgan fingerprint density at radius 2 is 2.41 bits per heavy atom. The molecule has 1 atom stereocenters. The molecule has 0 amide bonds. The second-order valence-corrected chi connectivity index (χ2v) is 5.16. The smallest absolute Gasteiger partial charge is 0.147 e. The molecule has 17 heavy (non-hydrogen) atoms. The van der Waals surface area contributed by atoms with Crippen LogP contribution in [0.3, 0.4) is 0 Å². The van der Waals surface area contributed by atoms with Gasteiger partial charge in [-0.15, -0.1) is 10.2 Å². The number of likely N-dealkylation sites (N-methyl/N-ethyl adjacent to an activating group) is 1. The van der Waals surface area contributed by atoms with Gasteiger partial charge in [-0.2, -0.15) is 0 Å². The van der Waals surface area contributed by atoms with Crippen LogP contribution in [0.15, 0.2) is 6.33 Å². The summed E-state index contributed by atoms with van der Waals surface area (Å²) in [5.41, 5.74) is 0. The third-order valence-electron chi connectivity index (χ3n) is 3.49. The van der Waals surface area contributed by atoms with E-state index >= 15 is 0 Å². The van der Waals surface area contributed by atoms with Crippen molar-refractivity contribution < 1.29 is 0 Å². The first-order chi connectivity index (χ1) is 8.18. The van der Waals surface area contributed by atoms with Crippen molar-refractivity contribution in [3.8, 4) is 0 Å². The summed E-state index contributed by atoms with van der Waals surface area (Å²) in [6, 6.07) is 1.05. The third-order valence-corrected chi connectivity index (χ3v) is 3.49. The van der Waals surface area contributed by atoms with Gasteiger partial charge in [-0.05, 0) is 40.3 Å². The monoisotopic (exact) mass is 237 g/mol. The average Bonchev–Trinajstić information content (AvgIpc) is 2.78. The zero-order valence-electron chi connectivity index (χ0n) is 11.1. The second-order valence-electron chi connectivity index (χ2n) is 5.16. The highest BCUT2D eigenvalue weighted by atomic mass is 15.3. The van der Waals surface area contributed by atoms with Gasteiger partial charge >= 0.3 is 0 Å². The highest BCUT2D eigenvalue weighted by molar-refractivity contribution is 4.89. The van der Waals surface area contributed by atoms with Crippen molar-refractivity contribution in [2.24, 2.45) is 0 Å². The molecule has 0 aromatic carbocycles. The van der Waals surface area contributed by atoms with Crippen LogP contribution in [0.25, 0.3) is 0 Å². The van der Waals surface area contributed by atoms with Crippen LogP contribution in [0.4, 0.5) is 0 Å². The molecule has 96 valence electrons. The molecule has 1 aliphatic rings. The van der Waals surface area contributed by atoms with Gasteiger partial charge in [0.2, 0.25) is 0 Å². The van der Waals surface area contributed by atoms with Crippen molar-refractivity contribution in [2.45, 2.75) is 45.3 Å². The predicted octanol–water partition coefficient (Wildman–Crippen LogP) is 1.04. The van der Waals surface area contributed by atoms with Crippen LogP contribution in [0.1, 0.15) is 38.6 Å². The van der Waals surface area contributed by atoms with E-state index < -0.39 is 0 Å². The molecule has 0 aliphatic carbocycles. The van der Waals surface area contributed by atoms with E-state index in [0.717, 1.165) is 25.5 Å². The molecule has 2 heterocycles. The van der Waals surface area contributed by atoms with E-state index in [0.29, 0.717) is 12.1 Å². The summed E-state index contributed by atoms with van der Waals surface area (Å²) in [4.78, 5) is 2.38. The Labute approximate surface area is 103 Å². The van der Waals surface area contributed by atoms with E-state index in [2.05, 4.69) is 45.9 Å². The van der Waals surface area contributed by atoms with Gasteiger partial charge in [0.15, 0.2) is 0 Å². The molecule has 1 fully saturated rings. The number of nitrogens with zero attached hydrogens (tertiary/aromatic N) is 4. The number of hydrogen-bond acceptors (Lipinski definition) is 4. The highest BCUT2D eigenvalue weighted by Crippen LogP contribution is 2.13. The normalized spacial score (nSPS) is 21.4. The average molecular weight is 237 g/mol. The summed E-state index contributed by atoms with van der Waals surface area (Å²) in [5, 5.41) is 11.7. The van der Waals surface area contributed by atoms with Crippen molar-refractivity contribution in [3.63, 3.8) is 0 Å². The molecule has 1 aromatic heterocycles. The van der Waals surface area contributed by atoms with Gasteiger partial charge in [0, 0.05) is 18.6 Å². The maximum atomic E-state index is 4.22. The Morgan fingerprint density at radius 3 is 3.06 bits per heavy atom. The zero-order valence-corrected chi connectivity index (χ0v) is 11.1. The standard InChI is InChI=1S/C12H23N5/c1-10(2)17-9-14-15-12(17)8-16(3)11-5-4-6-13-7-11/h9-11,13H,4-8H2,1-3H3/t11-/m1/s1. The quantitative estimate of drug-likeness (QED) is 0.850. The Kier molecular flexibility index (Phi) is 4.12. The molecular weight excluding hydrogens is 214 g/mol. The lowest BCUT2D eigenvalue weighted by molar-refractivity contribution is 0.188. The van der Waals surface area contributed by atoms with Gasteiger partial charge in [-0.25, -0.2) is 0 Å². The Bertz CT molecular complexity index is 340. The topological polar surface area (TPSA) is 46.0 Å². The third kappa shape index (κ3) is 3.04. The largest absolute Gasteiger partial charge is 0.315 e. The summed E-state index contributed by atoms with van der Waals surface area (Å²) in [5.74, 6) is 1.06. The van der Waals surface area contributed by atoms with Gasteiger partial charge in [0.25, 0.3) is 0 Å². The van der Waals surface area contributed by atoms with Crippen molar-refractivity contribution >= 4 is 0 Å². The molecule has 0 unspecified atom stereocenters. The van der Waals surface area contributed by atoms with E-state index in [4.69, 9.17) is 0 Å². The van der Waals surface area contributed by atoms with Crippen LogP contribution in [-0.2, 0) is 6.54 Å². The molecule has 0 bridgehead atoms. The second kappa shape index (κ2) is 5.60. The van der Waals surface area contributed by atoms with Crippen LogP contribution in [0.2, 0.25) is 0 Å². The molecule has 1 aromatic rings. The van der Waals surface area contributed by atoms with E-state index in [1.165, 1.54) is 12.8 Å². The van der Waals surface area contributed by atoms with Crippen molar-refractivity contribution in [1.82, 2.24) is 25.0 Å². The molecule has 1 saturated heterocycles. The fourth-order valence-corrected chi connectivity index (χ4v) is 2.37. The first kappa shape index (κ1) is 12.5. The van der Waals surface area contributed by atoms with E-state index in [1.807, 2.05) is 6.33 Å². The zero-order chi connectivity index (χ0) is 12.3. The maximum absolute atomic E-state index is 4.22. The van der Waals surface area contributed by atoms with E-state index in [1.54, 1.807) is 0 Å². The fourth-order valence-electron chi connectivity index (χ4n) is 2.37. The van der Waals surface area contributed by atoms with Crippen molar-refractivity contribution in [3.05, 3.63) is 12.2 Å². The molecule has 5 nitrogen and oxygen atoms in total. The van der Waals surface area contributed by atoms with Gasteiger partial charge in [-0.3, -0.25) is 4.90 Å². The summed E-state index contributed by atoms with van der Waals surface area (Å²) >= 11 is 0. The predicted molar refractivity (Wildman–Crippen MR) is 67.8 cm³/mol. The number of hydrogen-bond donors (Lipinski definition) is 1. The molecule has 0 radical (unpaired) electrons. The SMILES string of the molecule is CC(C)n1cnnc1CN(C)[C@@H]1CCCNC1. The molecule has 5 heteroatoms. The molecule has 0 spiro atoms. The molecule has 2 rings (SSSR count). The van der Waals surface area contributed by atoms with Crippen molar-refractivity contribution in [2.75, 3.05) is 20.1 Å². The number of aromatic nitrogens is 3. The van der Waals surface area contributed by atoms with Crippen molar-refractivity contribution in [1.29, 1.82) is 0 Å². The minimum Gasteiger partial charge on any atom is -0.315 e. The molecule has 1 aliphatic heterocycles. The number of nitrogens with one attached hydrogen (secondary N) is 1. The first-order valence-corrected chi connectivity index (χ1v) is 6.48. The van der Waals surface area contributed by atoms with E-state index in [9.17, 15) is 0 Å². The van der Waals surface area contributed by atoms with Crippen LogP contribution < -0.4 is 5.32 Å². The molecular formula is C12H23N5. The van der Waals surface area contributed by atoms with Crippen LogP contribution in [0.5, 0.6) is 0 Å². The maximum Gasteiger partial charge on any atom is 0.147 e. The highest BCUT2D eigenvalue weighted by Gasteiger charge is 2.19. The van der Waals surface area contributed by atoms with Gasteiger partial charge in [-0.1, -0.05) is 0 Å². The van der Waals surface area contributed by atoms with E-state index in [-0.39, 0.29) is 0 Å². The van der Waals surface area contributed by atoms with Crippen LogP contribution in [-0.4, -0.2) is 45.8 Å². The van der Waals surface area contributed by atoms with Crippen LogP contribution in [0, 0.1) is 0 Å². The van der Waals surface area contributed by atoms with Gasteiger partial charge in [0.05, 0.1) is 6.54 Å². The Morgan fingerprint density at radius 1 is 1.59 bits per heavy atom. The number of piperidine rings is 1. The Hall–Kier alpha value is -0.940. The fraction of sp³-hybridized carbons (Fsp3) is 0.833. The summed E-state index contributed by atoms with van der Waals surface area (Å²) in [6.45, 7) is 7.45. The summed E-state index contributed by atoms with van der Waals surface area (Å²) in [6.07, 6.45) is 4.37. The van der Waals surface area contributed by atoms with Gasteiger partial charge in [0.1, 0.15) is 12.2 Å². The summed E-state index contributed by atoms with van der Waals surface area (Å²) in [7, 11) is 2.18. The lowest BCUT2D eigenvalue weighted by Crippen LogP contribution is -2.44. The summed E-state index contributed by atoms with van der Waals surface area (Å²) < 4.78 is 2.15. The lowest BCUT2D eigenvalue weighted by atomic mass is 10.1. The molecule has 1 N–H and O–H groups in total. The van der Waals surface area contributed by atoms with Crippen LogP contribution >= 0.6 is 0 Å². The number of rotatable bonds is 4. The Balaban J connectivity index is 1.97.